The lowest BCUT2D eigenvalue weighted by atomic mass is 9.91. The third-order valence-corrected chi connectivity index (χ3v) is 6.16. The van der Waals surface area contributed by atoms with Crippen molar-refractivity contribution in [1.29, 1.82) is 0 Å². The largest absolute Gasteiger partial charge is 0.356 e. The van der Waals surface area contributed by atoms with Crippen LogP contribution >= 0.6 is 0 Å². The Morgan fingerprint density at radius 1 is 1.27 bits per heavy atom. The summed E-state index contributed by atoms with van der Waals surface area (Å²) in [5, 5.41) is 5.17. The zero-order chi connectivity index (χ0) is 26.8. The second-order valence-corrected chi connectivity index (χ2v) is 8.23. The number of hydrogen-bond donors (Lipinski definition) is 0. The average Bonchev–Trinajstić information content (AvgIpc) is 3.26. The monoisotopic (exact) mass is 413 g/mol. The molecule has 0 N–H and O–H groups in total. The maximum absolute atomic E-state index is 13.4. The molecule has 1 aromatic carbocycles. The van der Waals surface area contributed by atoms with Gasteiger partial charge in [0.25, 0.3) is 5.56 Å². The lowest BCUT2D eigenvalue weighted by Crippen LogP contribution is -2.37. The summed E-state index contributed by atoms with van der Waals surface area (Å²) in [4.78, 5) is 19.0. The molecule has 0 atom stereocenters. The first-order valence-electron chi connectivity index (χ1n) is 14.1. The van der Waals surface area contributed by atoms with E-state index < -0.39 is 36.5 Å². The minimum absolute atomic E-state index is 0.0100. The highest BCUT2D eigenvalue weighted by atomic mass is 16.5. The van der Waals surface area contributed by atoms with E-state index in [1.165, 1.54) is 9.47 Å². The van der Waals surface area contributed by atoms with E-state index >= 15 is 0 Å². The van der Waals surface area contributed by atoms with E-state index in [9.17, 15) is 4.79 Å². The van der Waals surface area contributed by atoms with Gasteiger partial charge in [0.15, 0.2) is 5.58 Å². The fraction of sp³-hybridized carbons (Fsp3) is 0.542. The number of aryl methyl sites for hydroxylation is 3. The fourth-order valence-electron chi connectivity index (χ4n) is 4.44. The summed E-state index contributed by atoms with van der Waals surface area (Å²) < 4.78 is 65.9. The Balaban J connectivity index is 1.46. The summed E-state index contributed by atoms with van der Waals surface area (Å²) in [5.41, 5.74) is 0.414. The number of rotatable bonds is 4. The van der Waals surface area contributed by atoms with Gasteiger partial charge in [0.2, 0.25) is 0 Å². The van der Waals surface area contributed by atoms with Crippen LogP contribution in [0.25, 0.3) is 11.0 Å². The Bertz CT molecular complexity index is 1390. The zero-order valence-corrected chi connectivity index (χ0v) is 17.1. The van der Waals surface area contributed by atoms with Gasteiger partial charge in [-0.3, -0.25) is 9.36 Å². The highest BCUT2D eigenvalue weighted by molar-refractivity contribution is 5.80. The molecule has 2 aliphatic rings. The molecule has 30 heavy (non-hydrogen) atoms. The predicted molar refractivity (Wildman–Crippen MR) is 117 cm³/mol. The summed E-state index contributed by atoms with van der Waals surface area (Å²) in [5.74, 6) is 0.328. The standard InChI is InChI=1S/C24H30N4O2/c1-16-6-7-20-21(15-16)30-26-23(20)18-8-12-27(13-9-18)14-10-19-17(2)25-22-5-3-4-11-28(22)24(19)29/h6-7,15,18H,3-5,8-14H2,1-2H3/i2D3,10D2,14D2. The van der Waals surface area contributed by atoms with Crippen molar-refractivity contribution >= 4 is 11.0 Å². The van der Waals surface area contributed by atoms with E-state index in [4.69, 9.17) is 14.1 Å². The molecule has 0 bridgehead atoms. The van der Waals surface area contributed by atoms with Crippen LogP contribution in [0.15, 0.2) is 27.5 Å². The molecule has 2 aromatic heterocycles. The van der Waals surface area contributed by atoms with Crippen LogP contribution in [0.2, 0.25) is 0 Å². The number of aromatic nitrogens is 3. The highest BCUT2D eigenvalue weighted by Crippen LogP contribution is 2.32. The lowest BCUT2D eigenvalue weighted by Gasteiger charge is -2.31. The number of benzene rings is 1. The SMILES string of the molecule is [2H]C([2H])([2H])c1nc2n(c(=O)c1C([2H])([2H])C([2H])([2H])N1CCC(c3noc4cc(C)ccc34)CC1)CCCC2. The summed E-state index contributed by atoms with van der Waals surface area (Å²) in [6.45, 7) is -2.81. The van der Waals surface area contributed by atoms with E-state index in [1.807, 2.05) is 25.1 Å². The van der Waals surface area contributed by atoms with Gasteiger partial charge >= 0.3 is 0 Å². The molecule has 0 spiro atoms. The third-order valence-electron chi connectivity index (χ3n) is 6.16. The lowest BCUT2D eigenvalue weighted by molar-refractivity contribution is 0.211. The molecule has 0 radical (unpaired) electrons. The first-order chi connectivity index (χ1) is 17.3. The normalized spacial score (nSPS) is 22.9. The van der Waals surface area contributed by atoms with Gasteiger partial charge < -0.3 is 9.42 Å². The Kier molecular flexibility index (Phi) is 3.47. The van der Waals surface area contributed by atoms with Gasteiger partial charge in [0.05, 0.1) is 5.69 Å². The van der Waals surface area contributed by atoms with E-state index in [1.54, 1.807) is 0 Å². The van der Waals surface area contributed by atoms with Crippen LogP contribution in [-0.2, 0) is 19.3 Å². The maximum atomic E-state index is 13.4. The topological polar surface area (TPSA) is 64.2 Å². The number of likely N-dealkylation sites (tertiary alicyclic amines) is 1. The Morgan fingerprint density at radius 2 is 2.13 bits per heavy atom. The molecule has 1 fully saturated rings. The summed E-state index contributed by atoms with van der Waals surface area (Å²) in [7, 11) is 0. The molecule has 0 amide bonds. The molecule has 3 aromatic rings. The summed E-state index contributed by atoms with van der Waals surface area (Å²) in [6, 6.07) is 5.87. The summed E-state index contributed by atoms with van der Waals surface area (Å²) >= 11 is 0. The number of fused-ring (bicyclic) bond motifs is 2. The minimum Gasteiger partial charge on any atom is -0.356 e. The number of hydrogen-bond acceptors (Lipinski definition) is 5. The van der Waals surface area contributed by atoms with Crippen LogP contribution in [-0.4, -0.2) is 39.2 Å². The van der Waals surface area contributed by atoms with E-state index in [0.717, 1.165) is 23.1 Å². The Hall–Kier alpha value is -2.47. The van der Waals surface area contributed by atoms with E-state index in [2.05, 4.69) is 10.1 Å². The third kappa shape index (κ3) is 3.58. The molecular formula is C24H30N4O2. The van der Waals surface area contributed by atoms with Gasteiger partial charge in [-0.05, 0) is 76.6 Å². The van der Waals surface area contributed by atoms with E-state index in [-0.39, 0.29) is 19.0 Å². The van der Waals surface area contributed by atoms with Gasteiger partial charge in [0.1, 0.15) is 5.82 Å². The first kappa shape index (κ1) is 13.1. The second kappa shape index (κ2) is 7.99. The molecular weight excluding hydrogens is 376 g/mol. The Labute approximate surface area is 186 Å². The van der Waals surface area contributed by atoms with Gasteiger partial charge in [-0.2, -0.15) is 0 Å². The first-order valence-corrected chi connectivity index (χ1v) is 10.6. The molecule has 2 aliphatic heterocycles. The van der Waals surface area contributed by atoms with Crippen molar-refractivity contribution in [1.82, 2.24) is 19.6 Å². The molecule has 4 heterocycles. The second-order valence-electron chi connectivity index (χ2n) is 8.23. The van der Waals surface area contributed by atoms with Crippen LogP contribution in [0.1, 0.15) is 69.5 Å². The average molecular weight is 414 g/mol. The number of piperidine rings is 1. The van der Waals surface area contributed by atoms with E-state index in [0.29, 0.717) is 43.6 Å². The van der Waals surface area contributed by atoms with Gasteiger partial charge in [-0.15, -0.1) is 0 Å². The molecule has 6 nitrogen and oxygen atoms in total. The van der Waals surface area contributed by atoms with Crippen molar-refractivity contribution in [3.05, 3.63) is 56.9 Å². The van der Waals surface area contributed by atoms with Crippen LogP contribution in [0.5, 0.6) is 0 Å². The quantitative estimate of drug-likeness (QED) is 0.652. The van der Waals surface area contributed by atoms with Gasteiger partial charge in [0, 0.05) is 51.6 Å². The van der Waals surface area contributed by atoms with Crippen molar-refractivity contribution < 1.29 is 14.1 Å². The van der Waals surface area contributed by atoms with Crippen LogP contribution in [0.4, 0.5) is 0 Å². The molecule has 1 saturated heterocycles. The molecule has 6 heteroatoms. The molecule has 158 valence electrons. The molecule has 0 aliphatic carbocycles. The number of nitrogens with zero attached hydrogens (tertiary/aromatic N) is 4. The van der Waals surface area contributed by atoms with Crippen LogP contribution in [0, 0.1) is 13.8 Å². The smallest absolute Gasteiger partial charge is 0.256 e. The summed E-state index contributed by atoms with van der Waals surface area (Å²) in [6.07, 6.45) is -0.00298. The van der Waals surface area contributed by atoms with Crippen molar-refractivity contribution in [2.45, 2.75) is 64.7 Å². The van der Waals surface area contributed by atoms with Crippen molar-refractivity contribution in [2.24, 2.45) is 0 Å². The van der Waals surface area contributed by atoms with Crippen molar-refractivity contribution in [3.63, 3.8) is 0 Å². The van der Waals surface area contributed by atoms with Crippen molar-refractivity contribution in [2.75, 3.05) is 19.6 Å². The predicted octanol–water partition coefficient (Wildman–Crippen LogP) is 3.76. The van der Waals surface area contributed by atoms with Crippen molar-refractivity contribution in [3.8, 4) is 0 Å². The van der Waals surface area contributed by atoms with Gasteiger partial charge in [-0.25, -0.2) is 4.98 Å². The Morgan fingerprint density at radius 3 is 2.97 bits per heavy atom. The zero-order valence-electron chi connectivity index (χ0n) is 24.1. The molecule has 0 unspecified atom stereocenters. The fourth-order valence-corrected chi connectivity index (χ4v) is 4.44. The maximum Gasteiger partial charge on any atom is 0.256 e. The van der Waals surface area contributed by atoms with Crippen LogP contribution in [0.3, 0.4) is 0 Å². The minimum atomic E-state index is -2.91. The van der Waals surface area contributed by atoms with Crippen LogP contribution < -0.4 is 5.56 Å². The highest BCUT2D eigenvalue weighted by Gasteiger charge is 2.25. The molecule has 0 saturated carbocycles. The molecule has 5 rings (SSSR count). The van der Waals surface area contributed by atoms with Gasteiger partial charge in [-0.1, -0.05) is 11.2 Å².